The van der Waals surface area contributed by atoms with Gasteiger partial charge in [-0.1, -0.05) is 19.9 Å². The second-order valence-electron chi connectivity index (χ2n) is 3.80. The highest BCUT2D eigenvalue weighted by atomic mass is 127. The van der Waals surface area contributed by atoms with Crippen LogP contribution in [0.2, 0.25) is 0 Å². The minimum absolute atomic E-state index is 0.000318. The van der Waals surface area contributed by atoms with Crippen molar-refractivity contribution in [3.05, 3.63) is 37.7 Å². The van der Waals surface area contributed by atoms with Gasteiger partial charge in [0.05, 0.1) is 5.52 Å². The molecule has 2 rings (SSSR count). The first-order valence-corrected chi connectivity index (χ1v) is 5.85. The largest absolute Gasteiger partial charge is 0.286 e. The van der Waals surface area contributed by atoms with E-state index in [4.69, 9.17) is 0 Å². The molecule has 4 heteroatoms. The molecular weight excluding hydrogens is 303 g/mol. The molecule has 1 heterocycles. The van der Waals surface area contributed by atoms with Gasteiger partial charge in [-0.2, -0.15) is 5.10 Å². The number of benzene rings is 1. The lowest BCUT2D eigenvalue weighted by molar-refractivity contribution is 0.867. The maximum Gasteiger partial charge on any atom is 0.221 e. The standard InChI is InChI=1S/C11H11IN2O/c1-6(2)7-3-4-8-9(5-7)13-14-11(12)10(8)15/h3-6H,1-2H3,(H,13,15). The summed E-state index contributed by atoms with van der Waals surface area (Å²) in [6.07, 6.45) is 0. The Morgan fingerprint density at radius 3 is 2.80 bits per heavy atom. The summed E-state index contributed by atoms with van der Waals surface area (Å²) in [7, 11) is 0. The summed E-state index contributed by atoms with van der Waals surface area (Å²) < 4.78 is 0.484. The van der Waals surface area contributed by atoms with Crippen molar-refractivity contribution in [2.24, 2.45) is 0 Å². The molecule has 2 aromatic rings. The van der Waals surface area contributed by atoms with Crippen LogP contribution < -0.4 is 5.43 Å². The van der Waals surface area contributed by atoms with Gasteiger partial charge in [0.15, 0.2) is 3.70 Å². The average molecular weight is 314 g/mol. The first-order valence-electron chi connectivity index (χ1n) is 4.77. The fourth-order valence-corrected chi connectivity index (χ4v) is 1.89. The van der Waals surface area contributed by atoms with E-state index in [-0.39, 0.29) is 5.43 Å². The van der Waals surface area contributed by atoms with Crippen LogP contribution in [0.3, 0.4) is 0 Å². The highest BCUT2D eigenvalue weighted by Gasteiger charge is 2.06. The number of hydrogen-bond donors (Lipinski definition) is 1. The van der Waals surface area contributed by atoms with Gasteiger partial charge < -0.3 is 0 Å². The van der Waals surface area contributed by atoms with E-state index < -0.39 is 0 Å². The molecule has 0 amide bonds. The number of nitrogens with zero attached hydrogens (tertiary/aromatic N) is 1. The molecule has 1 aromatic heterocycles. The minimum atomic E-state index is -0.000318. The second-order valence-corrected chi connectivity index (χ2v) is 4.83. The predicted molar refractivity (Wildman–Crippen MR) is 69.2 cm³/mol. The first-order chi connectivity index (χ1) is 7.09. The molecule has 0 aliphatic rings. The van der Waals surface area contributed by atoms with Gasteiger partial charge in [-0.15, -0.1) is 0 Å². The van der Waals surface area contributed by atoms with E-state index in [1.165, 1.54) is 5.56 Å². The number of aromatic nitrogens is 2. The Balaban J connectivity index is 2.76. The molecule has 0 aliphatic heterocycles. The van der Waals surface area contributed by atoms with Gasteiger partial charge in [-0.05, 0) is 46.2 Å². The summed E-state index contributed by atoms with van der Waals surface area (Å²) in [6, 6.07) is 5.86. The third kappa shape index (κ3) is 1.90. The molecule has 0 spiro atoms. The van der Waals surface area contributed by atoms with E-state index in [1.807, 2.05) is 40.8 Å². The van der Waals surface area contributed by atoms with Crippen molar-refractivity contribution < 1.29 is 0 Å². The summed E-state index contributed by atoms with van der Waals surface area (Å²) in [5.41, 5.74) is 2.02. The molecule has 0 saturated carbocycles. The number of hydrogen-bond acceptors (Lipinski definition) is 2. The third-order valence-electron chi connectivity index (χ3n) is 2.42. The molecule has 1 N–H and O–H groups in total. The van der Waals surface area contributed by atoms with E-state index >= 15 is 0 Å². The van der Waals surface area contributed by atoms with Crippen molar-refractivity contribution >= 4 is 33.5 Å². The van der Waals surface area contributed by atoms with Gasteiger partial charge >= 0.3 is 0 Å². The molecule has 1 aromatic carbocycles. The zero-order chi connectivity index (χ0) is 11.0. The summed E-state index contributed by atoms with van der Waals surface area (Å²) >= 11 is 1.94. The van der Waals surface area contributed by atoms with Gasteiger partial charge in [0.2, 0.25) is 5.43 Å². The lowest BCUT2D eigenvalue weighted by Gasteiger charge is -2.06. The van der Waals surface area contributed by atoms with E-state index in [0.717, 1.165) is 5.52 Å². The quantitative estimate of drug-likeness (QED) is 0.823. The van der Waals surface area contributed by atoms with E-state index in [9.17, 15) is 4.79 Å². The Labute approximate surface area is 101 Å². The van der Waals surface area contributed by atoms with Gasteiger partial charge in [0, 0.05) is 5.39 Å². The summed E-state index contributed by atoms with van der Waals surface area (Å²) in [4.78, 5) is 11.7. The molecule has 0 saturated heterocycles. The molecule has 0 atom stereocenters. The highest BCUT2D eigenvalue weighted by molar-refractivity contribution is 14.1. The van der Waals surface area contributed by atoms with Crippen LogP contribution in [-0.2, 0) is 0 Å². The number of fused-ring (bicyclic) bond motifs is 1. The fourth-order valence-electron chi connectivity index (χ4n) is 1.48. The smallest absolute Gasteiger partial charge is 0.221 e. The topological polar surface area (TPSA) is 45.8 Å². The third-order valence-corrected chi connectivity index (χ3v) is 3.15. The fraction of sp³-hybridized carbons (Fsp3) is 0.273. The second kappa shape index (κ2) is 3.92. The first kappa shape index (κ1) is 10.6. The van der Waals surface area contributed by atoms with Gasteiger partial charge in [-0.3, -0.25) is 9.89 Å². The number of nitrogens with one attached hydrogen (secondary N) is 1. The Morgan fingerprint density at radius 2 is 2.13 bits per heavy atom. The lowest BCUT2D eigenvalue weighted by Crippen LogP contribution is -2.10. The van der Waals surface area contributed by atoms with Crippen LogP contribution in [0.5, 0.6) is 0 Å². The maximum absolute atomic E-state index is 11.7. The Bertz CT molecular complexity index is 560. The van der Waals surface area contributed by atoms with Crippen LogP contribution in [-0.4, -0.2) is 10.2 Å². The lowest BCUT2D eigenvalue weighted by atomic mass is 10.0. The zero-order valence-electron chi connectivity index (χ0n) is 8.54. The Hall–Kier alpha value is -0.910. The van der Waals surface area contributed by atoms with Crippen LogP contribution in [0, 0.1) is 3.70 Å². The van der Waals surface area contributed by atoms with Crippen LogP contribution in [0.1, 0.15) is 25.3 Å². The average Bonchev–Trinajstić information content (AvgIpc) is 2.23. The van der Waals surface area contributed by atoms with E-state index in [1.54, 1.807) is 0 Å². The van der Waals surface area contributed by atoms with Crippen molar-refractivity contribution in [1.82, 2.24) is 10.2 Å². The van der Waals surface area contributed by atoms with Crippen molar-refractivity contribution in [3.63, 3.8) is 0 Å². The van der Waals surface area contributed by atoms with Gasteiger partial charge in [0.25, 0.3) is 0 Å². The summed E-state index contributed by atoms with van der Waals surface area (Å²) in [5.74, 6) is 0.456. The Morgan fingerprint density at radius 1 is 1.40 bits per heavy atom. The molecular formula is C11H11IN2O. The van der Waals surface area contributed by atoms with Crippen molar-refractivity contribution in [3.8, 4) is 0 Å². The van der Waals surface area contributed by atoms with Crippen LogP contribution in [0.25, 0.3) is 10.9 Å². The molecule has 0 fully saturated rings. The van der Waals surface area contributed by atoms with Gasteiger partial charge in [0.1, 0.15) is 0 Å². The minimum Gasteiger partial charge on any atom is -0.286 e. The molecule has 0 bridgehead atoms. The number of halogens is 1. The predicted octanol–water partition coefficient (Wildman–Crippen LogP) is 2.65. The van der Waals surface area contributed by atoms with Crippen molar-refractivity contribution in [1.29, 1.82) is 0 Å². The highest BCUT2D eigenvalue weighted by Crippen LogP contribution is 2.17. The maximum atomic E-state index is 11.7. The molecule has 0 radical (unpaired) electrons. The van der Waals surface area contributed by atoms with Crippen molar-refractivity contribution in [2.75, 3.05) is 0 Å². The Kier molecular flexibility index (Phi) is 2.77. The normalized spacial score (nSPS) is 11.2. The SMILES string of the molecule is CC(C)c1ccc2c(=O)c(I)n[nH]c2c1. The number of H-pyrrole nitrogens is 1. The van der Waals surface area contributed by atoms with E-state index in [0.29, 0.717) is 15.0 Å². The van der Waals surface area contributed by atoms with Crippen LogP contribution in [0.15, 0.2) is 23.0 Å². The van der Waals surface area contributed by atoms with Crippen LogP contribution in [0.4, 0.5) is 0 Å². The molecule has 0 unspecified atom stereocenters. The van der Waals surface area contributed by atoms with Gasteiger partial charge in [-0.25, -0.2) is 0 Å². The summed E-state index contributed by atoms with van der Waals surface area (Å²) in [5, 5.41) is 7.56. The molecule has 78 valence electrons. The monoisotopic (exact) mass is 314 g/mol. The molecule has 3 nitrogen and oxygen atoms in total. The molecule has 15 heavy (non-hydrogen) atoms. The molecule has 0 aliphatic carbocycles. The van der Waals surface area contributed by atoms with Crippen LogP contribution >= 0.6 is 22.6 Å². The summed E-state index contributed by atoms with van der Waals surface area (Å²) in [6.45, 7) is 4.25. The zero-order valence-corrected chi connectivity index (χ0v) is 10.7. The number of rotatable bonds is 1. The number of aromatic amines is 1. The van der Waals surface area contributed by atoms with Crippen molar-refractivity contribution in [2.45, 2.75) is 19.8 Å². The van der Waals surface area contributed by atoms with E-state index in [2.05, 4.69) is 24.0 Å².